The summed E-state index contributed by atoms with van der Waals surface area (Å²) in [6.07, 6.45) is 0. The van der Waals surface area contributed by atoms with Crippen molar-refractivity contribution in [1.82, 2.24) is 4.90 Å². The summed E-state index contributed by atoms with van der Waals surface area (Å²) < 4.78 is 10.2. The fourth-order valence-corrected chi connectivity index (χ4v) is 2.26. The Balaban J connectivity index is 2.07. The molecule has 16 heavy (non-hydrogen) atoms. The lowest BCUT2D eigenvalue weighted by Crippen LogP contribution is -2.42. The second kappa shape index (κ2) is 8.66. The Labute approximate surface area is 101 Å². The van der Waals surface area contributed by atoms with Crippen LogP contribution in [0.2, 0.25) is 0 Å². The number of guanidine groups is 1. The van der Waals surface area contributed by atoms with E-state index in [0.717, 1.165) is 24.6 Å². The van der Waals surface area contributed by atoms with Crippen LogP contribution in [-0.4, -0.2) is 68.9 Å². The molecule has 1 aliphatic heterocycles. The number of hydrogen-bond donors (Lipinski definition) is 1. The molecule has 0 amide bonds. The fourth-order valence-electron chi connectivity index (χ4n) is 1.36. The molecule has 5 nitrogen and oxygen atoms in total. The van der Waals surface area contributed by atoms with E-state index in [9.17, 15) is 0 Å². The van der Waals surface area contributed by atoms with Crippen LogP contribution in [0, 0.1) is 0 Å². The number of nitrogens with two attached hydrogens (primary N) is 1. The first-order valence-corrected chi connectivity index (χ1v) is 6.69. The molecule has 0 saturated carbocycles. The lowest BCUT2D eigenvalue weighted by Gasteiger charge is -2.27. The average molecular weight is 247 g/mol. The highest BCUT2D eigenvalue weighted by molar-refractivity contribution is 7.99. The molecule has 1 rings (SSSR count). The minimum Gasteiger partial charge on any atom is -0.382 e. The van der Waals surface area contributed by atoms with Gasteiger partial charge in [0.05, 0.1) is 26.4 Å². The topological polar surface area (TPSA) is 60.1 Å². The smallest absolute Gasteiger partial charge is 0.191 e. The maximum Gasteiger partial charge on any atom is 0.191 e. The molecule has 1 heterocycles. The first-order chi connectivity index (χ1) is 7.84. The van der Waals surface area contributed by atoms with Gasteiger partial charge in [-0.2, -0.15) is 11.8 Å². The van der Waals surface area contributed by atoms with Crippen molar-refractivity contribution in [3.05, 3.63) is 0 Å². The van der Waals surface area contributed by atoms with Gasteiger partial charge in [0.1, 0.15) is 0 Å². The Morgan fingerprint density at radius 1 is 1.31 bits per heavy atom. The zero-order valence-corrected chi connectivity index (χ0v) is 10.7. The fraction of sp³-hybridized carbons (Fsp3) is 0.900. The monoisotopic (exact) mass is 247 g/mol. The largest absolute Gasteiger partial charge is 0.382 e. The van der Waals surface area contributed by atoms with Crippen LogP contribution in [-0.2, 0) is 9.47 Å². The molecule has 0 unspecified atom stereocenters. The van der Waals surface area contributed by atoms with E-state index in [2.05, 4.69) is 9.89 Å². The molecule has 94 valence electrons. The molecule has 1 fully saturated rings. The number of rotatable bonds is 6. The van der Waals surface area contributed by atoms with E-state index in [4.69, 9.17) is 15.2 Å². The lowest BCUT2D eigenvalue weighted by atomic mass is 10.5. The van der Waals surface area contributed by atoms with Crippen molar-refractivity contribution < 1.29 is 9.47 Å². The van der Waals surface area contributed by atoms with Gasteiger partial charge in [0, 0.05) is 31.7 Å². The number of nitrogens with zero attached hydrogens (tertiary/aromatic N) is 2. The van der Waals surface area contributed by atoms with Crippen molar-refractivity contribution >= 4 is 17.7 Å². The Morgan fingerprint density at radius 3 is 2.75 bits per heavy atom. The summed E-state index contributed by atoms with van der Waals surface area (Å²) in [6, 6.07) is 0. The maximum atomic E-state index is 5.88. The van der Waals surface area contributed by atoms with Crippen LogP contribution in [0.4, 0.5) is 0 Å². The normalized spacial score (nSPS) is 17.8. The molecule has 0 aromatic rings. The molecule has 0 spiro atoms. The maximum absolute atomic E-state index is 5.88. The van der Waals surface area contributed by atoms with Gasteiger partial charge in [-0.25, -0.2) is 0 Å². The molecule has 0 radical (unpaired) electrons. The minimum absolute atomic E-state index is 0.604. The van der Waals surface area contributed by atoms with E-state index in [1.807, 2.05) is 11.8 Å². The summed E-state index contributed by atoms with van der Waals surface area (Å²) in [5, 5.41) is 0. The van der Waals surface area contributed by atoms with Gasteiger partial charge < -0.3 is 20.1 Å². The van der Waals surface area contributed by atoms with Crippen molar-refractivity contribution in [3.63, 3.8) is 0 Å². The third kappa shape index (κ3) is 5.58. The highest BCUT2D eigenvalue weighted by Gasteiger charge is 2.11. The van der Waals surface area contributed by atoms with Gasteiger partial charge >= 0.3 is 0 Å². The molecule has 1 aliphatic rings. The predicted octanol–water partition coefficient (Wildman–Crippen LogP) is 0.0129. The summed E-state index contributed by atoms with van der Waals surface area (Å²) >= 11 is 1.96. The minimum atomic E-state index is 0.604. The zero-order valence-electron chi connectivity index (χ0n) is 9.85. The average Bonchev–Trinajstić information content (AvgIpc) is 2.34. The summed E-state index contributed by atoms with van der Waals surface area (Å²) in [5.74, 6) is 2.93. The quantitative estimate of drug-likeness (QED) is 0.407. The number of hydrogen-bond acceptors (Lipinski definition) is 4. The first-order valence-electron chi connectivity index (χ1n) is 5.54. The summed E-state index contributed by atoms with van der Waals surface area (Å²) in [5.41, 5.74) is 5.88. The van der Waals surface area contributed by atoms with Crippen LogP contribution < -0.4 is 5.73 Å². The van der Waals surface area contributed by atoms with E-state index in [1.54, 1.807) is 7.11 Å². The summed E-state index contributed by atoms with van der Waals surface area (Å²) in [7, 11) is 1.66. The van der Waals surface area contributed by atoms with Crippen LogP contribution in [0.25, 0.3) is 0 Å². The Hall–Kier alpha value is -0.460. The van der Waals surface area contributed by atoms with Crippen LogP contribution >= 0.6 is 11.8 Å². The molecular formula is C10H21N3O2S. The molecule has 0 aliphatic carbocycles. The Morgan fingerprint density at radius 2 is 2.06 bits per heavy atom. The van der Waals surface area contributed by atoms with Crippen LogP contribution in [0.15, 0.2) is 4.99 Å². The number of thioether (sulfide) groups is 1. The van der Waals surface area contributed by atoms with Crippen molar-refractivity contribution in [2.24, 2.45) is 10.7 Å². The van der Waals surface area contributed by atoms with Crippen molar-refractivity contribution in [2.75, 3.05) is 58.1 Å². The number of methoxy groups -OCH3 is 1. The molecule has 0 bridgehead atoms. The van der Waals surface area contributed by atoms with Crippen molar-refractivity contribution in [1.29, 1.82) is 0 Å². The van der Waals surface area contributed by atoms with E-state index in [1.165, 1.54) is 0 Å². The molecule has 0 aromatic heterocycles. The van der Waals surface area contributed by atoms with E-state index < -0.39 is 0 Å². The predicted molar refractivity (Wildman–Crippen MR) is 68.1 cm³/mol. The summed E-state index contributed by atoms with van der Waals surface area (Å²) in [4.78, 5) is 6.42. The van der Waals surface area contributed by atoms with Gasteiger partial charge in [0.2, 0.25) is 0 Å². The van der Waals surface area contributed by atoms with Gasteiger partial charge in [-0.15, -0.1) is 0 Å². The van der Waals surface area contributed by atoms with Gasteiger partial charge in [0.15, 0.2) is 5.96 Å². The number of ether oxygens (including phenoxy) is 2. The molecule has 6 heteroatoms. The van der Waals surface area contributed by atoms with Crippen LogP contribution in [0.1, 0.15) is 0 Å². The Kier molecular flexibility index (Phi) is 7.37. The Bertz CT molecular complexity index is 208. The standard InChI is InChI=1S/C10H21N3O2S/c1-14-6-7-15-5-2-12-10(11)13-3-8-16-9-4-13/h2-9H2,1H3,(H2,11,12). The lowest BCUT2D eigenvalue weighted by molar-refractivity contribution is 0.0747. The highest BCUT2D eigenvalue weighted by Crippen LogP contribution is 2.08. The van der Waals surface area contributed by atoms with Gasteiger partial charge in [0.25, 0.3) is 0 Å². The van der Waals surface area contributed by atoms with Crippen molar-refractivity contribution in [3.8, 4) is 0 Å². The SMILES string of the molecule is COCCOCCN=C(N)N1CCSCC1. The van der Waals surface area contributed by atoms with Gasteiger partial charge in [-0.3, -0.25) is 4.99 Å². The second-order valence-electron chi connectivity index (χ2n) is 3.44. The molecule has 0 aromatic carbocycles. The molecule has 0 atom stereocenters. The van der Waals surface area contributed by atoms with E-state index >= 15 is 0 Å². The third-order valence-corrected chi connectivity index (χ3v) is 3.22. The van der Waals surface area contributed by atoms with E-state index in [-0.39, 0.29) is 0 Å². The molecule has 2 N–H and O–H groups in total. The molecular weight excluding hydrogens is 226 g/mol. The van der Waals surface area contributed by atoms with Gasteiger partial charge in [-0.05, 0) is 0 Å². The van der Waals surface area contributed by atoms with Crippen LogP contribution in [0.3, 0.4) is 0 Å². The zero-order chi connectivity index (χ0) is 11.6. The van der Waals surface area contributed by atoms with Crippen LogP contribution in [0.5, 0.6) is 0 Å². The van der Waals surface area contributed by atoms with E-state index in [0.29, 0.717) is 32.3 Å². The second-order valence-corrected chi connectivity index (χ2v) is 4.67. The van der Waals surface area contributed by atoms with Gasteiger partial charge in [-0.1, -0.05) is 0 Å². The highest BCUT2D eigenvalue weighted by atomic mass is 32.2. The van der Waals surface area contributed by atoms with Crippen molar-refractivity contribution in [2.45, 2.75) is 0 Å². The first kappa shape index (κ1) is 13.6. The molecule has 1 saturated heterocycles. The third-order valence-electron chi connectivity index (χ3n) is 2.28. The summed E-state index contributed by atoms with van der Waals surface area (Å²) in [6.45, 7) is 4.48. The number of aliphatic imine (C=N–C) groups is 1.